The number of hydrogen-bond donors (Lipinski definition) is 1. The predicted molar refractivity (Wildman–Crippen MR) is 48.9 cm³/mol. The van der Waals surface area contributed by atoms with Crippen molar-refractivity contribution in [1.29, 1.82) is 0 Å². The van der Waals surface area contributed by atoms with Gasteiger partial charge in [0, 0.05) is 6.20 Å². The zero-order valence-corrected chi connectivity index (χ0v) is 7.10. The van der Waals surface area contributed by atoms with Crippen molar-refractivity contribution < 1.29 is 4.79 Å². The number of pyridine rings is 1. The fourth-order valence-electron chi connectivity index (χ4n) is 1.39. The Balaban J connectivity index is 2.26. The summed E-state index contributed by atoms with van der Waals surface area (Å²) in [6, 6.07) is 5.62. The van der Waals surface area contributed by atoms with Gasteiger partial charge in [0.2, 0.25) is 5.91 Å². The number of carbonyl (C=O) groups excluding carboxylic acids is 1. The first-order chi connectivity index (χ1) is 6.38. The molecule has 1 aliphatic rings. The zero-order chi connectivity index (χ0) is 9.10. The summed E-state index contributed by atoms with van der Waals surface area (Å²) in [7, 11) is 0. The molecule has 0 aliphatic carbocycles. The molecular weight excluding hydrogens is 164 g/mol. The highest BCUT2D eigenvalue weighted by Gasteiger charge is 2.21. The van der Waals surface area contributed by atoms with E-state index in [0.29, 0.717) is 0 Å². The molecule has 1 amide bonds. The fraction of sp³-hybridized carbons (Fsp3) is 0.200. The summed E-state index contributed by atoms with van der Waals surface area (Å²) in [5, 5.41) is 2.67. The smallest absolute Gasteiger partial charge is 0.233 e. The number of nitrogens with one attached hydrogen (secondary N) is 1. The van der Waals surface area contributed by atoms with Crippen molar-refractivity contribution in [3.63, 3.8) is 0 Å². The van der Waals surface area contributed by atoms with Crippen molar-refractivity contribution in [2.45, 2.75) is 12.3 Å². The topological polar surface area (TPSA) is 42.0 Å². The second-order valence-electron chi connectivity index (χ2n) is 2.95. The van der Waals surface area contributed by atoms with Crippen LogP contribution in [0.25, 0.3) is 0 Å². The summed E-state index contributed by atoms with van der Waals surface area (Å²) in [6.07, 6.45) is 6.08. The Bertz CT molecular complexity index is 332. The highest BCUT2D eigenvalue weighted by molar-refractivity contribution is 5.85. The molecule has 0 bridgehead atoms. The summed E-state index contributed by atoms with van der Waals surface area (Å²) in [5.41, 5.74) is 0.837. The van der Waals surface area contributed by atoms with Crippen LogP contribution < -0.4 is 5.32 Å². The second-order valence-corrected chi connectivity index (χ2v) is 2.95. The van der Waals surface area contributed by atoms with E-state index in [4.69, 9.17) is 0 Å². The largest absolute Gasteiger partial charge is 0.332 e. The average molecular weight is 174 g/mol. The molecule has 1 aromatic heterocycles. The van der Waals surface area contributed by atoms with Gasteiger partial charge in [0.05, 0.1) is 11.6 Å². The minimum Gasteiger partial charge on any atom is -0.332 e. The first-order valence-electron chi connectivity index (χ1n) is 4.24. The molecule has 3 heteroatoms. The Morgan fingerprint density at radius 3 is 3.08 bits per heavy atom. The maximum absolute atomic E-state index is 11.4. The van der Waals surface area contributed by atoms with E-state index in [-0.39, 0.29) is 11.8 Å². The molecule has 1 unspecified atom stereocenters. The number of rotatable bonds is 1. The van der Waals surface area contributed by atoms with Crippen LogP contribution in [0.4, 0.5) is 0 Å². The van der Waals surface area contributed by atoms with Gasteiger partial charge in [-0.2, -0.15) is 0 Å². The van der Waals surface area contributed by atoms with Crippen molar-refractivity contribution in [1.82, 2.24) is 10.3 Å². The van der Waals surface area contributed by atoms with Gasteiger partial charge in [-0.1, -0.05) is 12.1 Å². The molecule has 1 aliphatic heterocycles. The molecule has 0 fully saturated rings. The van der Waals surface area contributed by atoms with Gasteiger partial charge in [-0.15, -0.1) is 0 Å². The molecule has 2 rings (SSSR count). The summed E-state index contributed by atoms with van der Waals surface area (Å²) >= 11 is 0. The highest BCUT2D eigenvalue weighted by atomic mass is 16.1. The Kier molecular flexibility index (Phi) is 2.08. The van der Waals surface area contributed by atoms with Crippen LogP contribution in [0.5, 0.6) is 0 Å². The SMILES string of the molecule is O=C1NC=CCC1c1ccccn1. The number of hydrogen-bond acceptors (Lipinski definition) is 2. The van der Waals surface area contributed by atoms with Crippen molar-refractivity contribution in [3.8, 4) is 0 Å². The van der Waals surface area contributed by atoms with E-state index in [9.17, 15) is 4.79 Å². The van der Waals surface area contributed by atoms with E-state index in [0.717, 1.165) is 12.1 Å². The van der Waals surface area contributed by atoms with Gasteiger partial charge in [0.25, 0.3) is 0 Å². The normalized spacial score (nSPS) is 21.2. The summed E-state index contributed by atoms with van der Waals surface area (Å²) < 4.78 is 0. The zero-order valence-electron chi connectivity index (χ0n) is 7.10. The molecule has 0 saturated carbocycles. The maximum Gasteiger partial charge on any atom is 0.233 e. The Morgan fingerprint density at radius 2 is 2.38 bits per heavy atom. The van der Waals surface area contributed by atoms with Crippen LogP contribution in [0.2, 0.25) is 0 Å². The van der Waals surface area contributed by atoms with E-state index in [1.165, 1.54) is 0 Å². The predicted octanol–water partition coefficient (Wildman–Crippen LogP) is 1.20. The van der Waals surface area contributed by atoms with Crippen LogP contribution >= 0.6 is 0 Å². The molecular formula is C10H10N2O. The molecule has 1 atom stereocenters. The molecule has 0 saturated heterocycles. The lowest BCUT2D eigenvalue weighted by Gasteiger charge is -2.16. The standard InChI is InChI=1S/C10H10N2O/c13-10-8(4-3-7-12-10)9-5-1-2-6-11-9/h1-3,5-8H,4H2,(H,12,13). The highest BCUT2D eigenvalue weighted by Crippen LogP contribution is 2.19. The van der Waals surface area contributed by atoms with E-state index in [1.54, 1.807) is 12.4 Å². The molecule has 3 nitrogen and oxygen atoms in total. The molecule has 13 heavy (non-hydrogen) atoms. The first kappa shape index (κ1) is 7.98. The average Bonchev–Trinajstić information content (AvgIpc) is 2.20. The third-order valence-corrected chi connectivity index (χ3v) is 2.08. The lowest BCUT2D eigenvalue weighted by atomic mass is 9.98. The molecule has 2 heterocycles. The number of carbonyl (C=O) groups is 1. The van der Waals surface area contributed by atoms with E-state index in [2.05, 4.69) is 10.3 Å². The number of amides is 1. The van der Waals surface area contributed by atoms with Gasteiger partial charge in [-0.05, 0) is 24.8 Å². The Labute approximate surface area is 76.5 Å². The molecule has 0 radical (unpaired) electrons. The molecule has 66 valence electrons. The van der Waals surface area contributed by atoms with Crippen LogP contribution in [0, 0.1) is 0 Å². The van der Waals surface area contributed by atoms with E-state index in [1.807, 2.05) is 24.3 Å². The molecule has 1 N–H and O–H groups in total. The third kappa shape index (κ3) is 1.59. The number of allylic oxidation sites excluding steroid dienone is 1. The number of aromatic nitrogens is 1. The van der Waals surface area contributed by atoms with Crippen molar-refractivity contribution in [2.75, 3.05) is 0 Å². The van der Waals surface area contributed by atoms with Gasteiger partial charge >= 0.3 is 0 Å². The van der Waals surface area contributed by atoms with Crippen molar-refractivity contribution in [3.05, 3.63) is 42.4 Å². The van der Waals surface area contributed by atoms with Crippen LogP contribution in [0.15, 0.2) is 36.7 Å². The monoisotopic (exact) mass is 174 g/mol. The van der Waals surface area contributed by atoms with Gasteiger partial charge in [-0.3, -0.25) is 9.78 Å². The molecule has 0 aromatic carbocycles. The minimum absolute atomic E-state index is 0.0289. The van der Waals surface area contributed by atoms with E-state index >= 15 is 0 Å². The Hall–Kier alpha value is -1.64. The van der Waals surface area contributed by atoms with Crippen molar-refractivity contribution >= 4 is 5.91 Å². The van der Waals surface area contributed by atoms with Gasteiger partial charge in [0.1, 0.15) is 0 Å². The quantitative estimate of drug-likeness (QED) is 0.695. The Morgan fingerprint density at radius 1 is 1.46 bits per heavy atom. The van der Waals surface area contributed by atoms with Crippen LogP contribution in [0.1, 0.15) is 18.0 Å². The van der Waals surface area contributed by atoms with Gasteiger partial charge in [0.15, 0.2) is 0 Å². The second kappa shape index (κ2) is 3.39. The van der Waals surface area contributed by atoms with Gasteiger partial charge < -0.3 is 5.32 Å². The van der Waals surface area contributed by atoms with E-state index < -0.39 is 0 Å². The van der Waals surface area contributed by atoms with Crippen LogP contribution in [-0.2, 0) is 4.79 Å². The van der Waals surface area contributed by atoms with Crippen molar-refractivity contribution in [2.24, 2.45) is 0 Å². The third-order valence-electron chi connectivity index (χ3n) is 2.08. The fourth-order valence-corrected chi connectivity index (χ4v) is 1.39. The summed E-state index contributed by atoms with van der Waals surface area (Å²) in [4.78, 5) is 15.6. The molecule has 0 spiro atoms. The van der Waals surface area contributed by atoms with Crippen LogP contribution in [0.3, 0.4) is 0 Å². The molecule has 1 aromatic rings. The lowest BCUT2D eigenvalue weighted by Crippen LogP contribution is -2.28. The van der Waals surface area contributed by atoms with Crippen LogP contribution in [-0.4, -0.2) is 10.9 Å². The summed E-state index contributed by atoms with van der Waals surface area (Å²) in [5.74, 6) is -0.0904. The van der Waals surface area contributed by atoms with Gasteiger partial charge in [-0.25, -0.2) is 0 Å². The lowest BCUT2D eigenvalue weighted by molar-refractivity contribution is -0.122. The maximum atomic E-state index is 11.4. The minimum atomic E-state index is -0.119. The number of nitrogens with zero attached hydrogens (tertiary/aromatic N) is 1. The summed E-state index contributed by atoms with van der Waals surface area (Å²) in [6.45, 7) is 0. The first-order valence-corrected chi connectivity index (χ1v) is 4.24.